The second kappa shape index (κ2) is 7.29. The second-order valence-corrected chi connectivity index (χ2v) is 6.67. The first-order valence-corrected chi connectivity index (χ1v) is 8.64. The van der Waals surface area contributed by atoms with E-state index in [1.165, 1.54) is 0 Å². The van der Waals surface area contributed by atoms with Gasteiger partial charge in [-0.3, -0.25) is 4.79 Å². The number of carbonyl (C=O) groups excluding carboxylic acids is 1. The number of nitrogen functional groups attached to an aromatic ring is 1. The molecule has 0 aliphatic carbocycles. The van der Waals surface area contributed by atoms with Crippen LogP contribution in [0.2, 0.25) is 0 Å². The number of amides is 1. The molecular formula is C17H18Br2N2O. The third-order valence-electron chi connectivity index (χ3n) is 3.57. The quantitative estimate of drug-likeness (QED) is 0.688. The number of rotatable bonds is 4. The number of hydrogen-bond donors (Lipinski definition) is 2. The van der Waals surface area contributed by atoms with E-state index in [9.17, 15) is 4.79 Å². The average molecular weight is 426 g/mol. The van der Waals surface area contributed by atoms with Gasteiger partial charge in [-0.05, 0) is 61.9 Å². The van der Waals surface area contributed by atoms with Crippen LogP contribution < -0.4 is 11.1 Å². The first-order chi connectivity index (χ1) is 10.5. The summed E-state index contributed by atoms with van der Waals surface area (Å²) >= 11 is 7.02. The van der Waals surface area contributed by atoms with Crippen LogP contribution in [0, 0.1) is 6.92 Å². The molecule has 0 fully saturated rings. The normalized spacial score (nSPS) is 10.5. The minimum atomic E-state index is -0.0347. The van der Waals surface area contributed by atoms with Crippen molar-refractivity contribution in [1.82, 2.24) is 0 Å². The van der Waals surface area contributed by atoms with Gasteiger partial charge in [-0.1, -0.05) is 37.3 Å². The van der Waals surface area contributed by atoms with Crippen LogP contribution in [0.4, 0.5) is 11.4 Å². The SMILES string of the molecule is CCc1c(Br)c(N)c(Br)c(C)c1NC(=O)Cc1ccccc1. The molecule has 0 aliphatic rings. The van der Waals surface area contributed by atoms with Gasteiger partial charge in [-0.2, -0.15) is 0 Å². The van der Waals surface area contributed by atoms with Crippen molar-refractivity contribution >= 4 is 49.1 Å². The molecule has 116 valence electrons. The van der Waals surface area contributed by atoms with Crippen molar-refractivity contribution in [2.75, 3.05) is 11.1 Å². The van der Waals surface area contributed by atoms with Crippen molar-refractivity contribution in [2.24, 2.45) is 0 Å². The van der Waals surface area contributed by atoms with Crippen LogP contribution in [0.5, 0.6) is 0 Å². The Labute approximate surface area is 147 Å². The first-order valence-electron chi connectivity index (χ1n) is 7.05. The van der Waals surface area contributed by atoms with E-state index in [4.69, 9.17) is 5.73 Å². The molecule has 0 atom stereocenters. The van der Waals surface area contributed by atoms with Crippen LogP contribution in [-0.2, 0) is 17.6 Å². The lowest BCUT2D eigenvalue weighted by atomic mass is 10.0. The van der Waals surface area contributed by atoms with Gasteiger partial charge in [-0.25, -0.2) is 0 Å². The number of hydrogen-bond acceptors (Lipinski definition) is 2. The van der Waals surface area contributed by atoms with E-state index < -0.39 is 0 Å². The number of anilines is 2. The fourth-order valence-corrected chi connectivity index (χ4v) is 3.71. The average Bonchev–Trinajstić information content (AvgIpc) is 2.52. The lowest BCUT2D eigenvalue weighted by molar-refractivity contribution is -0.115. The zero-order valence-electron chi connectivity index (χ0n) is 12.5. The highest BCUT2D eigenvalue weighted by Crippen LogP contribution is 2.40. The lowest BCUT2D eigenvalue weighted by Gasteiger charge is -2.18. The van der Waals surface area contributed by atoms with Crippen LogP contribution >= 0.6 is 31.9 Å². The maximum atomic E-state index is 12.3. The van der Waals surface area contributed by atoms with E-state index >= 15 is 0 Å². The van der Waals surface area contributed by atoms with E-state index in [1.807, 2.05) is 44.2 Å². The summed E-state index contributed by atoms with van der Waals surface area (Å²) < 4.78 is 1.65. The Morgan fingerprint density at radius 1 is 1.18 bits per heavy atom. The maximum absolute atomic E-state index is 12.3. The molecular weight excluding hydrogens is 408 g/mol. The molecule has 0 bridgehead atoms. The standard InChI is InChI=1S/C17H18Br2N2O/c1-3-12-15(19)16(20)14(18)10(2)17(12)21-13(22)9-11-7-5-4-6-8-11/h4-8H,3,9,20H2,1-2H3,(H,21,22). The molecule has 0 aliphatic heterocycles. The fraction of sp³-hybridized carbons (Fsp3) is 0.235. The Hall–Kier alpha value is -1.33. The van der Waals surface area contributed by atoms with Gasteiger partial charge in [0.05, 0.1) is 12.1 Å². The monoisotopic (exact) mass is 424 g/mol. The van der Waals surface area contributed by atoms with E-state index in [0.29, 0.717) is 12.1 Å². The summed E-state index contributed by atoms with van der Waals surface area (Å²) in [6.07, 6.45) is 1.13. The summed E-state index contributed by atoms with van der Waals surface area (Å²) in [5, 5.41) is 3.03. The molecule has 3 N–H and O–H groups in total. The van der Waals surface area contributed by atoms with E-state index in [1.54, 1.807) is 0 Å². The molecule has 2 aromatic rings. The van der Waals surface area contributed by atoms with Gasteiger partial charge in [0.1, 0.15) is 0 Å². The van der Waals surface area contributed by atoms with Crippen LogP contribution in [-0.4, -0.2) is 5.91 Å². The van der Waals surface area contributed by atoms with Crippen molar-refractivity contribution in [3.8, 4) is 0 Å². The summed E-state index contributed by atoms with van der Waals surface area (Å²) in [6.45, 7) is 3.99. The molecule has 0 unspecified atom stereocenters. The molecule has 0 saturated heterocycles. The maximum Gasteiger partial charge on any atom is 0.228 e. The van der Waals surface area contributed by atoms with E-state index in [-0.39, 0.29) is 5.91 Å². The van der Waals surface area contributed by atoms with Crippen LogP contribution in [0.15, 0.2) is 39.3 Å². The van der Waals surface area contributed by atoms with Crippen molar-refractivity contribution in [3.63, 3.8) is 0 Å². The van der Waals surface area contributed by atoms with Crippen LogP contribution in [0.3, 0.4) is 0 Å². The molecule has 0 aromatic heterocycles. The zero-order chi connectivity index (χ0) is 16.3. The van der Waals surface area contributed by atoms with Gasteiger partial charge in [0.15, 0.2) is 0 Å². The fourth-order valence-electron chi connectivity index (χ4n) is 2.37. The Balaban J connectivity index is 2.31. The van der Waals surface area contributed by atoms with Gasteiger partial charge in [-0.15, -0.1) is 0 Å². The minimum absolute atomic E-state index is 0.0347. The molecule has 0 spiro atoms. The smallest absolute Gasteiger partial charge is 0.228 e. The molecule has 1 amide bonds. The first kappa shape index (κ1) is 17.0. The van der Waals surface area contributed by atoms with Gasteiger partial charge < -0.3 is 11.1 Å². The van der Waals surface area contributed by atoms with Crippen LogP contribution in [0.1, 0.15) is 23.6 Å². The number of nitrogens with one attached hydrogen (secondary N) is 1. The van der Waals surface area contributed by atoms with E-state index in [2.05, 4.69) is 37.2 Å². The summed E-state index contributed by atoms with van der Waals surface area (Å²) in [5.74, 6) is -0.0347. The largest absolute Gasteiger partial charge is 0.397 e. The molecule has 0 saturated carbocycles. The Morgan fingerprint density at radius 2 is 1.82 bits per heavy atom. The topological polar surface area (TPSA) is 55.1 Å². The number of nitrogens with two attached hydrogens (primary N) is 1. The van der Waals surface area contributed by atoms with Crippen molar-refractivity contribution < 1.29 is 4.79 Å². The summed E-state index contributed by atoms with van der Waals surface area (Å²) in [7, 11) is 0. The number of halogens is 2. The number of benzene rings is 2. The lowest BCUT2D eigenvalue weighted by Crippen LogP contribution is -2.17. The summed E-state index contributed by atoms with van der Waals surface area (Å²) in [4.78, 5) is 12.3. The van der Waals surface area contributed by atoms with Gasteiger partial charge >= 0.3 is 0 Å². The highest BCUT2D eigenvalue weighted by atomic mass is 79.9. The van der Waals surface area contributed by atoms with Crippen molar-refractivity contribution in [3.05, 3.63) is 56.0 Å². The van der Waals surface area contributed by atoms with Crippen LogP contribution in [0.25, 0.3) is 0 Å². The highest BCUT2D eigenvalue weighted by Gasteiger charge is 2.18. The Morgan fingerprint density at radius 3 is 2.41 bits per heavy atom. The highest BCUT2D eigenvalue weighted by molar-refractivity contribution is 9.11. The molecule has 2 rings (SSSR count). The molecule has 22 heavy (non-hydrogen) atoms. The van der Waals surface area contributed by atoms with E-state index in [0.717, 1.165) is 37.7 Å². The molecule has 0 heterocycles. The Kier molecular flexibility index (Phi) is 5.64. The predicted molar refractivity (Wildman–Crippen MR) is 99.1 cm³/mol. The predicted octanol–water partition coefficient (Wildman–Crippen LogP) is 4.85. The molecule has 3 nitrogen and oxygen atoms in total. The summed E-state index contributed by atoms with van der Waals surface area (Å²) in [6, 6.07) is 9.70. The van der Waals surface area contributed by atoms with Gasteiger partial charge in [0.2, 0.25) is 5.91 Å². The minimum Gasteiger partial charge on any atom is -0.397 e. The zero-order valence-corrected chi connectivity index (χ0v) is 15.7. The molecule has 5 heteroatoms. The Bertz CT molecular complexity index is 700. The molecule has 0 radical (unpaired) electrons. The van der Waals surface area contributed by atoms with Crippen molar-refractivity contribution in [1.29, 1.82) is 0 Å². The second-order valence-electron chi connectivity index (χ2n) is 5.08. The number of carbonyl (C=O) groups is 1. The van der Waals surface area contributed by atoms with Gasteiger partial charge in [0, 0.05) is 14.6 Å². The summed E-state index contributed by atoms with van der Waals surface area (Å²) in [5.41, 5.74) is 10.5. The molecule has 2 aromatic carbocycles. The van der Waals surface area contributed by atoms with Gasteiger partial charge in [0.25, 0.3) is 0 Å². The van der Waals surface area contributed by atoms with Crippen molar-refractivity contribution in [2.45, 2.75) is 26.7 Å². The third kappa shape index (κ3) is 3.52. The third-order valence-corrected chi connectivity index (χ3v) is 5.50.